The normalized spacial score (nSPS) is 12.2. The third-order valence-corrected chi connectivity index (χ3v) is 2.62. The Hall–Kier alpha value is -1.35. The van der Waals surface area contributed by atoms with Gasteiger partial charge in [0.1, 0.15) is 0 Å². The van der Waals surface area contributed by atoms with Crippen molar-refractivity contribution in [3.63, 3.8) is 0 Å². The molecule has 1 aromatic carbocycles. The van der Waals surface area contributed by atoms with E-state index in [9.17, 15) is 4.39 Å². The highest BCUT2D eigenvalue weighted by Gasteiger charge is 2.11. The number of rotatable bonds is 7. The number of benzene rings is 1. The van der Waals surface area contributed by atoms with Crippen molar-refractivity contribution < 1.29 is 9.13 Å². The van der Waals surface area contributed by atoms with Crippen LogP contribution in [0.3, 0.4) is 0 Å². The molecule has 1 atom stereocenters. The number of methoxy groups -OCH3 is 1. The average Bonchev–Trinajstić information content (AvgIpc) is 2.35. The standard InChI is InChI=1S/C14H20FNO/c1-4-6-13(16-9-5-2)11-7-8-12(15)14(10-11)17-3/h4,7-8,10,13,16H,1,5-6,9H2,2-3H3. The van der Waals surface area contributed by atoms with Gasteiger partial charge in [-0.05, 0) is 37.1 Å². The highest BCUT2D eigenvalue weighted by Crippen LogP contribution is 2.24. The first-order chi connectivity index (χ1) is 8.22. The number of halogens is 1. The SMILES string of the molecule is C=CCC(NCCC)c1ccc(F)c(OC)c1. The van der Waals surface area contributed by atoms with Crippen LogP contribution in [0.2, 0.25) is 0 Å². The molecule has 0 amide bonds. The van der Waals surface area contributed by atoms with Crippen molar-refractivity contribution in [3.05, 3.63) is 42.2 Å². The molecule has 0 heterocycles. The smallest absolute Gasteiger partial charge is 0.165 e. The number of hydrogen-bond donors (Lipinski definition) is 1. The molecule has 0 aliphatic carbocycles. The minimum Gasteiger partial charge on any atom is -0.494 e. The predicted molar refractivity (Wildman–Crippen MR) is 68.8 cm³/mol. The monoisotopic (exact) mass is 237 g/mol. The molecular weight excluding hydrogens is 217 g/mol. The van der Waals surface area contributed by atoms with Gasteiger partial charge in [-0.25, -0.2) is 4.39 Å². The van der Waals surface area contributed by atoms with Gasteiger partial charge in [-0.2, -0.15) is 0 Å². The topological polar surface area (TPSA) is 21.3 Å². The fraction of sp³-hybridized carbons (Fsp3) is 0.429. The van der Waals surface area contributed by atoms with Gasteiger partial charge in [0.25, 0.3) is 0 Å². The highest BCUT2D eigenvalue weighted by molar-refractivity contribution is 5.32. The molecule has 1 N–H and O–H groups in total. The van der Waals surface area contributed by atoms with Crippen molar-refractivity contribution in [1.29, 1.82) is 0 Å². The van der Waals surface area contributed by atoms with Crippen molar-refractivity contribution in [2.24, 2.45) is 0 Å². The van der Waals surface area contributed by atoms with Crippen LogP contribution < -0.4 is 10.1 Å². The summed E-state index contributed by atoms with van der Waals surface area (Å²) in [6.07, 6.45) is 3.74. The Labute approximate surface area is 102 Å². The maximum atomic E-state index is 13.3. The van der Waals surface area contributed by atoms with E-state index in [0.29, 0.717) is 0 Å². The molecule has 0 saturated heterocycles. The average molecular weight is 237 g/mol. The molecule has 0 saturated carbocycles. The zero-order valence-electron chi connectivity index (χ0n) is 10.5. The van der Waals surface area contributed by atoms with E-state index in [4.69, 9.17) is 4.74 Å². The number of ether oxygens (including phenoxy) is 1. The molecule has 0 spiro atoms. The predicted octanol–water partition coefficient (Wildman–Crippen LogP) is 3.45. The van der Waals surface area contributed by atoms with Crippen LogP contribution in [-0.2, 0) is 0 Å². The molecule has 17 heavy (non-hydrogen) atoms. The van der Waals surface area contributed by atoms with E-state index in [0.717, 1.165) is 24.9 Å². The van der Waals surface area contributed by atoms with E-state index in [2.05, 4.69) is 18.8 Å². The third kappa shape index (κ3) is 3.86. The van der Waals surface area contributed by atoms with Gasteiger partial charge in [-0.1, -0.05) is 19.1 Å². The Balaban J connectivity index is 2.88. The lowest BCUT2D eigenvalue weighted by atomic mass is 10.0. The summed E-state index contributed by atoms with van der Waals surface area (Å²) >= 11 is 0. The maximum absolute atomic E-state index is 13.3. The fourth-order valence-electron chi connectivity index (χ4n) is 1.72. The van der Waals surface area contributed by atoms with Gasteiger partial charge < -0.3 is 10.1 Å². The lowest BCUT2D eigenvalue weighted by molar-refractivity contribution is 0.384. The van der Waals surface area contributed by atoms with Crippen LogP contribution in [-0.4, -0.2) is 13.7 Å². The van der Waals surface area contributed by atoms with Gasteiger partial charge in [0.15, 0.2) is 11.6 Å². The number of nitrogens with one attached hydrogen (secondary N) is 1. The maximum Gasteiger partial charge on any atom is 0.165 e. The third-order valence-electron chi connectivity index (χ3n) is 2.62. The lowest BCUT2D eigenvalue weighted by Gasteiger charge is -2.18. The summed E-state index contributed by atoms with van der Waals surface area (Å²) in [5.74, 6) is -0.0426. The van der Waals surface area contributed by atoms with Crippen LogP contribution in [0.1, 0.15) is 31.4 Å². The van der Waals surface area contributed by atoms with Gasteiger partial charge in [-0.3, -0.25) is 0 Å². The molecule has 0 bridgehead atoms. The number of hydrogen-bond acceptors (Lipinski definition) is 2. The van der Waals surface area contributed by atoms with Crippen LogP contribution in [0.5, 0.6) is 5.75 Å². The van der Waals surface area contributed by atoms with Crippen molar-refractivity contribution in [3.8, 4) is 5.75 Å². The molecule has 3 heteroatoms. The summed E-state index contributed by atoms with van der Waals surface area (Å²) in [4.78, 5) is 0. The zero-order chi connectivity index (χ0) is 12.7. The van der Waals surface area contributed by atoms with Gasteiger partial charge in [0.2, 0.25) is 0 Å². The second-order valence-electron chi connectivity index (χ2n) is 3.93. The molecular formula is C14H20FNO. The molecule has 0 aromatic heterocycles. The van der Waals surface area contributed by atoms with Crippen molar-refractivity contribution >= 4 is 0 Å². The summed E-state index contributed by atoms with van der Waals surface area (Å²) in [7, 11) is 1.48. The first-order valence-electron chi connectivity index (χ1n) is 5.90. The van der Waals surface area contributed by atoms with Gasteiger partial charge in [0, 0.05) is 6.04 Å². The Morgan fingerprint density at radius 3 is 2.88 bits per heavy atom. The van der Waals surface area contributed by atoms with Crippen LogP contribution >= 0.6 is 0 Å². The van der Waals surface area contributed by atoms with E-state index < -0.39 is 0 Å². The van der Waals surface area contributed by atoms with Crippen LogP contribution in [0, 0.1) is 5.82 Å². The van der Waals surface area contributed by atoms with Gasteiger partial charge in [-0.15, -0.1) is 6.58 Å². The molecule has 0 aliphatic heterocycles. The second kappa shape index (κ2) is 7.07. The quantitative estimate of drug-likeness (QED) is 0.733. The Morgan fingerprint density at radius 2 is 2.29 bits per heavy atom. The van der Waals surface area contributed by atoms with E-state index >= 15 is 0 Å². The molecule has 94 valence electrons. The van der Waals surface area contributed by atoms with E-state index in [1.165, 1.54) is 13.2 Å². The minimum atomic E-state index is -0.330. The second-order valence-corrected chi connectivity index (χ2v) is 3.93. The first-order valence-corrected chi connectivity index (χ1v) is 5.90. The van der Waals surface area contributed by atoms with Crippen molar-refractivity contribution in [2.75, 3.05) is 13.7 Å². The lowest BCUT2D eigenvalue weighted by Crippen LogP contribution is -2.21. The Kier molecular flexibility index (Phi) is 5.70. The van der Waals surface area contributed by atoms with E-state index in [1.54, 1.807) is 12.1 Å². The van der Waals surface area contributed by atoms with Crippen LogP contribution in [0.4, 0.5) is 4.39 Å². The largest absolute Gasteiger partial charge is 0.494 e. The summed E-state index contributed by atoms with van der Waals surface area (Å²) in [6, 6.07) is 5.14. The Morgan fingerprint density at radius 1 is 1.53 bits per heavy atom. The Bertz CT molecular complexity index is 365. The molecule has 1 rings (SSSR count). The van der Waals surface area contributed by atoms with Crippen molar-refractivity contribution in [1.82, 2.24) is 5.32 Å². The molecule has 0 aliphatic rings. The minimum absolute atomic E-state index is 0.168. The first kappa shape index (κ1) is 13.7. The molecule has 0 radical (unpaired) electrons. The zero-order valence-corrected chi connectivity index (χ0v) is 10.5. The molecule has 0 fully saturated rings. The molecule has 1 unspecified atom stereocenters. The molecule has 1 aromatic rings. The van der Waals surface area contributed by atoms with Crippen LogP contribution in [0.25, 0.3) is 0 Å². The summed E-state index contributed by atoms with van der Waals surface area (Å²) in [6.45, 7) is 6.79. The van der Waals surface area contributed by atoms with Crippen LogP contribution in [0.15, 0.2) is 30.9 Å². The van der Waals surface area contributed by atoms with Gasteiger partial charge >= 0.3 is 0 Å². The van der Waals surface area contributed by atoms with Crippen molar-refractivity contribution in [2.45, 2.75) is 25.8 Å². The molecule has 2 nitrogen and oxygen atoms in total. The van der Waals surface area contributed by atoms with Gasteiger partial charge in [0.05, 0.1) is 7.11 Å². The fourth-order valence-corrected chi connectivity index (χ4v) is 1.72. The summed E-state index contributed by atoms with van der Waals surface area (Å²) in [5, 5.41) is 3.41. The summed E-state index contributed by atoms with van der Waals surface area (Å²) in [5.41, 5.74) is 1.02. The highest BCUT2D eigenvalue weighted by atomic mass is 19.1. The summed E-state index contributed by atoms with van der Waals surface area (Å²) < 4.78 is 18.3. The van der Waals surface area contributed by atoms with E-state index in [1.807, 2.05) is 6.08 Å². The van der Waals surface area contributed by atoms with E-state index in [-0.39, 0.29) is 17.6 Å².